The third-order valence-electron chi connectivity index (χ3n) is 4.09. The zero-order chi connectivity index (χ0) is 16.8. The predicted octanol–water partition coefficient (Wildman–Crippen LogP) is 1.72. The Hall–Kier alpha value is -2.21. The van der Waals surface area contributed by atoms with Gasteiger partial charge in [-0.15, -0.1) is 0 Å². The highest BCUT2D eigenvalue weighted by molar-refractivity contribution is 5.96. The van der Waals surface area contributed by atoms with E-state index < -0.39 is 23.8 Å². The summed E-state index contributed by atoms with van der Waals surface area (Å²) in [5.41, 5.74) is 1.26. The van der Waals surface area contributed by atoms with Crippen molar-refractivity contribution >= 4 is 18.2 Å². The summed E-state index contributed by atoms with van der Waals surface area (Å²) in [5.74, 6) is -2.93. The van der Waals surface area contributed by atoms with Crippen LogP contribution in [0.2, 0.25) is 0 Å². The first-order chi connectivity index (χ1) is 11.1. The highest BCUT2D eigenvalue weighted by atomic mass is 16.5. The Kier molecular flexibility index (Phi) is 5.87. The van der Waals surface area contributed by atoms with Gasteiger partial charge in [-0.25, -0.2) is 0 Å². The molecular formula is C17H20O6. The van der Waals surface area contributed by atoms with Gasteiger partial charge in [0.1, 0.15) is 6.29 Å². The van der Waals surface area contributed by atoms with E-state index in [0.29, 0.717) is 12.2 Å². The second-order valence-electron chi connectivity index (χ2n) is 5.39. The van der Waals surface area contributed by atoms with Gasteiger partial charge in [-0.05, 0) is 18.4 Å². The van der Waals surface area contributed by atoms with Crippen molar-refractivity contribution in [1.29, 1.82) is 0 Å². The first-order valence-corrected chi connectivity index (χ1v) is 7.44. The minimum atomic E-state index is -1.10. The molecule has 1 saturated heterocycles. The van der Waals surface area contributed by atoms with Gasteiger partial charge in [0.2, 0.25) is 0 Å². The van der Waals surface area contributed by atoms with Crippen molar-refractivity contribution in [3.8, 4) is 0 Å². The van der Waals surface area contributed by atoms with Crippen molar-refractivity contribution in [1.82, 2.24) is 0 Å². The van der Waals surface area contributed by atoms with Gasteiger partial charge in [0.15, 0.2) is 5.92 Å². The molecule has 0 spiro atoms. The molecule has 1 aliphatic rings. The Bertz CT molecular complexity index is 543. The van der Waals surface area contributed by atoms with Gasteiger partial charge in [-0.1, -0.05) is 24.3 Å². The molecule has 0 amide bonds. The number of ether oxygens (including phenoxy) is 3. The van der Waals surface area contributed by atoms with E-state index in [1.54, 1.807) is 24.3 Å². The summed E-state index contributed by atoms with van der Waals surface area (Å²) >= 11 is 0. The molecule has 1 aliphatic heterocycles. The number of hydrogen-bond donors (Lipinski definition) is 0. The molecule has 0 N–H and O–H groups in total. The van der Waals surface area contributed by atoms with Crippen LogP contribution < -0.4 is 0 Å². The lowest BCUT2D eigenvalue weighted by atomic mass is 9.80. The maximum atomic E-state index is 12.2. The number of benzene rings is 1. The van der Waals surface area contributed by atoms with Crippen LogP contribution in [0.4, 0.5) is 0 Å². The van der Waals surface area contributed by atoms with Gasteiger partial charge in [0.05, 0.1) is 20.3 Å². The first kappa shape index (κ1) is 17.1. The van der Waals surface area contributed by atoms with Crippen LogP contribution in [-0.2, 0) is 23.8 Å². The number of methoxy groups -OCH3 is 2. The standard InChI is InChI=1S/C17H20O6/c1-21-16(19)15(17(20)22-2)14(13-4-3-9-23-13)12-7-5-11(10-18)6-8-12/h5-8,10,13-15H,3-4,9H2,1-2H3. The Balaban J connectivity index is 2.43. The molecule has 2 unspecified atom stereocenters. The number of aldehydes is 1. The second kappa shape index (κ2) is 7.87. The fraction of sp³-hybridized carbons (Fsp3) is 0.471. The number of rotatable bonds is 6. The van der Waals surface area contributed by atoms with E-state index in [2.05, 4.69) is 0 Å². The molecule has 1 aromatic carbocycles. The van der Waals surface area contributed by atoms with Gasteiger partial charge in [-0.2, -0.15) is 0 Å². The van der Waals surface area contributed by atoms with Gasteiger partial charge in [0, 0.05) is 18.1 Å². The minimum absolute atomic E-state index is 0.278. The van der Waals surface area contributed by atoms with Crippen molar-refractivity contribution in [2.24, 2.45) is 5.92 Å². The quantitative estimate of drug-likeness (QED) is 0.451. The van der Waals surface area contributed by atoms with Crippen molar-refractivity contribution in [3.63, 3.8) is 0 Å². The molecule has 0 saturated carbocycles. The predicted molar refractivity (Wildman–Crippen MR) is 81.1 cm³/mol. The highest BCUT2D eigenvalue weighted by Gasteiger charge is 2.43. The fourth-order valence-corrected chi connectivity index (χ4v) is 2.95. The molecule has 0 bridgehead atoms. The maximum absolute atomic E-state index is 12.2. The van der Waals surface area contributed by atoms with Crippen LogP contribution in [0.15, 0.2) is 24.3 Å². The molecule has 0 aliphatic carbocycles. The monoisotopic (exact) mass is 320 g/mol. The van der Waals surface area contributed by atoms with E-state index in [1.807, 2.05) is 0 Å². The fourth-order valence-electron chi connectivity index (χ4n) is 2.95. The van der Waals surface area contributed by atoms with E-state index in [-0.39, 0.29) is 6.10 Å². The zero-order valence-electron chi connectivity index (χ0n) is 13.2. The number of carbonyl (C=O) groups is 3. The van der Waals surface area contributed by atoms with Gasteiger partial charge in [0.25, 0.3) is 0 Å². The summed E-state index contributed by atoms with van der Waals surface area (Å²) in [7, 11) is 2.47. The van der Waals surface area contributed by atoms with E-state index in [1.165, 1.54) is 14.2 Å². The Labute approximate surface area is 134 Å². The van der Waals surface area contributed by atoms with Crippen LogP contribution in [0.5, 0.6) is 0 Å². The second-order valence-corrected chi connectivity index (χ2v) is 5.39. The topological polar surface area (TPSA) is 78.9 Å². The largest absolute Gasteiger partial charge is 0.468 e. The summed E-state index contributed by atoms with van der Waals surface area (Å²) < 4.78 is 15.3. The molecule has 0 radical (unpaired) electrons. The Morgan fingerprint density at radius 2 is 1.78 bits per heavy atom. The lowest BCUT2D eigenvalue weighted by Crippen LogP contribution is -2.37. The molecular weight excluding hydrogens is 300 g/mol. The van der Waals surface area contributed by atoms with Crippen molar-refractivity contribution in [2.75, 3.05) is 20.8 Å². The maximum Gasteiger partial charge on any atom is 0.320 e. The van der Waals surface area contributed by atoms with Crippen LogP contribution in [-0.4, -0.2) is 45.2 Å². The SMILES string of the molecule is COC(=O)C(C(=O)OC)C(c1ccc(C=O)cc1)C1CCCO1. The van der Waals surface area contributed by atoms with Gasteiger partial charge >= 0.3 is 11.9 Å². The van der Waals surface area contributed by atoms with Gasteiger partial charge < -0.3 is 14.2 Å². The van der Waals surface area contributed by atoms with Crippen molar-refractivity contribution in [3.05, 3.63) is 35.4 Å². The molecule has 6 nitrogen and oxygen atoms in total. The van der Waals surface area contributed by atoms with E-state index >= 15 is 0 Å². The third-order valence-corrected chi connectivity index (χ3v) is 4.09. The molecule has 1 heterocycles. The summed E-state index contributed by atoms with van der Waals surface area (Å²) in [6.07, 6.45) is 2.07. The van der Waals surface area contributed by atoms with Gasteiger partial charge in [-0.3, -0.25) is 14.4 Å². The van der Waals surface area contributed by atoms with Crippen LogP contribution in [0.1, 0.15) is 34.7 Å². The lowest BCUT2D eigenvalue weighted by molar-refractivity contribution is -0.161. The van der Waals surface area contributed by atoms with Crippen LogP contribution in [0.25, 0.3) is 0 Å². The molecule has 6 heteroatoms. The number of esters is 2. The normalized spacial score (nSPS) is 18.5. The number of hydrogen-bond acceptors (Lipinski definition) is 6. The Morgan fingerprint density at radius 1 is 1.17 bits per heavy atom. The Morgan fingerprint density at radius 3 is 2.22 bits per heavy atom. The summed E-state index contributed by atoms with van der Waals surface area (Å²) in [4.78, 5) is 35.2. The molecule has 1 aromatic rings. The number of carbonyl (C=O) groups excluding carboxylic acids is 3. The third kappa shape index (κ3) is 3.76. The van der Waals surface area contributed by atoms with Crippen LogP contribution in [0, 0.1) is 5.92 Å². The molecule has 0 aromatic heterocycles. The molecule has 2 rings (SSSR count). The van der Waals surface area contributed by atoms with Crippen LogP contribution >= 0.6 is 0 Å². The van der Waals surface area contributed by atoms with Crippen LogP contribution in [0.3, 0.4) is 0 Å². The van der Waals surface area contributed by atoms with E-state index in [4.69, 9.17) is 14.2 Å². The highest BCUT2D eigenvalue weighted by Crippen LogP contribution is 2.36. The lowest BCUT2D eigenvalue weighted by Gasteiger charge is -2.28. The average molecular weight is 320 g/mol. The average Bonchev–Trinajstić information content (AvgIpc) is 3.12. The van der Waals surface area contributed by atoms with E-state index in [9.17, 15) is 14.4 Å². The van der Waals surface area contributed by atoms with Crippen molar-refractivity contribution < 1.29 is 28.6 Å². The smallest absolute Gasteiger partial charge is 0.320 e. The first-order valence-electron chi connectivity index (χ1n) is 7.44. The van der Waals surface area contributed by atoms with Crippen molar-refractivity contribution in [2.45, 2.75) is 24.9 Å². The zero-order valence-corrected chi connectivity index (χ0v) is 13.2. The summed E-state index contributed by atoms with van der Waals surface area (Å²) in [5, 5.41) is 0. The minimum Gasteiger partial charge on any atom is -0.468 e. The summed E-state index contributed by atoms with van der Waals surface area (Å²) in [6.45, 7) is 0.586. The molecule has 23 heavy (non-hydrogen) atoms. The molecule has 1 fully saturated rings. The molecule has 2 atom stereocenters. The summed E-state index contributed by atoms with van der Waals surface area (Å²) in [6, 6.07) is 6.76. The molecule has 124 valence electrons. The van der Waals surface area contributed by atoms with E-state index in [0.717, 1.165) is 24.7 Å².